The average Bonchev–Trinajstić information content (AvgIpc) is 2.63. The Balaban J connectivity index is 1.51. The van der Waals surface area contributed by atoms with Crippen LogP contribution in [-0.4, -0.2) is 37.0 Å². The third-order valence-corrected chi connectivity index (χ3v) is 4.96. The maximum atomic E-state index is 12.4. The van der Waals surface area contributed by atoms with Crippen molar-refractivity contribution in [2.45, 2.75) is 26.7 Å². The summed E-state index contributed by atoms with van der Waals surface area (Å²) in [5, 5.41) is 0. The molecule has 0 unspecified atom stereocenters. The molecule has 0 aliphatic carbocycles. The molecule has 0 atom stereocenters. The van der Waals surface area contributed by atoms with Gasteiger partial charge in [-0.1, -0.05) is 36.4 Å². The molecule has 0 N–H and O–H groups in total. The molecule has 3 nitrogen and oxygen atoms in total. The van der Waals surface area contributed by atoms with Crippen LogP contribution in [-0.2, 0) is 11.2 Å². The van der Waals surface area contributed by atoms with Crippen molar-refractivity contribution in [2.75, 3.05) is 31.1 Å². The fourth-order valence-electron chi connectivity index (χ4n) is 3.19. The number of carbonyl (C=O) groups excluding carboxylic acids is 1. The van der Waals surface area contributed by atoms with Crippen molar-refractivity contribution in [3.63, 3.8) is 0 Å². The number of anilines is 1. The summed E-state index contributed by atoms with van der Waals surface area (Å²) in [4.78, 5) is 16.8. The Morgan fingerprint density at radius 3 is 2.29 bits per heavy atom. The zero-order chi connectivity index (χ0) is 16.9. The Bertz CT molecular complexity index is 688. The number of amides is 1. The number of carbonyl (C=O) groups is 1. The lowest BCUT2D eigenvalue weighted by Gasteiger charge is -2.36. The fourth-order valence-corrected chi connectivity index (χ4v) is 3.19. The van der Waals surface area contributed by atoms with Gasteiger partial charge in [0.05, 0.1) is 0 Å². The Labute approximate surface area is 144 Å². The van der Waals surface area contributed by atoms with E-state index < -0.39 is 0 Å². The summed E-state index contributed by atoms with van der Waals surface area (Å²) in [6.45, 7) is 7.77. The first-order valence-electron chi connectivity index (χ1n) is 8.77. The normalized spacial score (nSPS) is 14.8. The van der Waals surface area contributed by atoms with Gasteiger partial charge in [0.15, 0.2) is 0 Å². The predicted molar refractivity (Wildman–Crippen MR) is 99.5 cm³/mol. The number of hydrogen-bond acceptors (Lipinski definition) is 2. The van der Waals surface area contributed by atoms with Crippen molar-refractivity contribution in [3.05, 3.63) is 65.2 Å². The van der Waals surface area contributed by atoms with Crippen molar-refractivity contribution in [2.24, 2.45) is 0 Å². The van der Waals surface area contributed by atoms with Gasteiger partial charge in [-0.15, -0.1) is 0 Å². The van der Waals surface area contributed by atoms with Crippen LogP contribution in [0.2, 0.25) is 0 Å². The van der Waals surface area contributed by atoms with Gasteiger partial charge in [0, 0.05) is 38.3 Å². The zero-order valence-electron chi connectivity index (χ0n) is 14.7. The van der Waals surface area contributed by atoms with Gasteiger partial charge < -0.3 is 9.80 Å². The fraction of sp³-hybridized carbons (Fsp3) is 0.381. The third kappa shape index (κ3) is 3.97. The van der Waals surface area contributed by atoms with Crippen LogP contribution in [0.3, 0.4) is 0 Å². The molecule has 0 bridgehead atoms. The molecule has 24 heavy (non-hydrogen) atoms. The number of rotatable bonds is 4. The van der Waals surface area contributed by atoms with Crippen LogP contribution < -0.4 is 4.90 Å². The Morgan fingerprint density at radius 1 is 0.917 bits per heavy atom. The molecule has 2 aromatic carbocycles. The SMILES string of the molecule is Cc1ccc(N2CCN(C(=O)CCc3ccccc3)CC2)cc1C. The highest BCUT2D eigenvalue weighted by atomic mass is 16.2. The summed E-state index contributed by atoms with van der Waals surface area (Å²) in [5.41, 5.74) is 5.16. The highest BCUT2D eigenvalue weighted by Crippen LogP contribution is 2.20. The molecule has 3 heteroatoms. The topological polar surface area (TPSA) is 23.6 Å². The molecule has 126 valence electrons. The molecule has 0 aromatic heterocycles. The minimum atomic E-state index is 0.276. The molecule has 0 spiro atoms. The number of aryl methyl sites for hydroxylation is 3. The number of benzene rings is 2. The lowest BCUT2D eigenvalue weighted by molar-refractivity contribution is -0.131. The van der Waals surface area contributed by atoms with Crippen molar-refractivity contribution < 1.29 is 4.79 Å². The van der Waals surface area contributed by atoms with Crippen LogP contribution >= 0.6 is 0 Å². The van der Waals surface area contributed by atoms with E-state index in [1.165, 1.54) is 22.4 Å². The van der Waals surface area contributed by atoms with Gasteiger partial charge in [-0.25, -0.2) is 0 Å². The molecular weight excluding hydrogens is 296 g/mol. The van der Waals surface area contributed by atoms with Crippen LogP contribution in [0.25, 0.3) is 0 Å². The largest absolute Gasteiger partial charge is 0.368 e. The lowest BCUT2D eigenvalue weighted by atomic mass is 10.1. The first-order valence-corrected chi connectivity index (χ1v) is 8.77. The molecule has 1 fully saturated rings. The summed E-state index contributed by atoms with van der Waals surface area (Å²) in [5.74, 6) is 0.276. The molecule has 1 aliphatic rings. The zero-order valence-corrected chi connectivity index (χ0v) is 14.7. The van der Waals surface area contributed by atoms with Crippen molar-refractivity contribution >= 4 is 11.6 Å². The second-order valence-corrected chi connectivity index (χ2v) is 6.62. The van der Waals surface area contributed by atoms with Gasteiger partial charge in [-0.05, 0) is 49.1 Å². The highest BCUT2D eigenvalue weighted by Gasteiger charge is 2.21. The number of hydrogen-bond donors (Lipinski definition) is 0. The van der Waals surface area contributed by atoms with E-state index in [-0.39, 0.29) is 5.91 Å². The molecule has 3 rings (SSSR count). The Kier molecular flexibility index (Phi) is 5.19. The van der Waals surface area contributed by atoms with E-state index >= 15 is 0 Å². The maximum absolute atomic E-state index is 12.4. The second kappa shape index (κ2) is 7.52. The predicted octanol–water partition coefficient (Wildman–Crippen LogP) is 3.58. The van der Waals surface area contributed by atoms with Crippen LogP contribution in [0.1, 0.15) is 23.1 Å². The molecule has 0 saturated carbocycles. The summed E-state index contributed by atoms with van der Waals surface area (Å²) in [6.07, 6.45) is 1.44. The second-order valence-electron chi connectivity index (χ2n) is 6.62. The smallest absolute Gasteiger partial charge is 0.223 e. The van der Waals surface area contributed by atoms with Gasteiger partial charge in [-0.2, -0.15) is 0 Å². The third-order valence-electron chi connectivity index (χ3n) is 4.96. The molecule has 1 amide bonds. The number of nitrogens with zero attached hydrogens (tertiary/aromatic N) is 2. The van der Waals surface area contributed by atoms with E-state index in [9.17, 15) is 4.79 Å². The van der Waals surface area contributed by atoms with Crippen molar-refractivity contribution in [1.29, 1.82) is 0 Å². The van der Waals surface area contributed by atoms with E-state index in [1.807, 2.05) is 23.1 Å². The van der Waals surface area contributed by atoms with Gasteiger partial charge in [0.25, 0.3) is 0 Å². The van der Waals surface area contributed by atoms with Crippen LogP contribution in [0.5, 0.6) is 0 Å². The monoisotopic (exact) mass is 322 g/mol. The van der Waals surface area contributed by atoms with E-state index in [1.54, 1.807) is 0 Å². The van der Waals surface area contributed by atoms with Gasteiger partial charge in [0.1, 0.15) is 0 Å². The van der Waals surface area contributed by atoms with Crippen LogP contribution in [0.4, 0.5) is 5.69 Å². The van der Waals surface area contributed by atoms with Crippen molar-refractivity contribution in [1.82, 2.24) is 4.90 Å². The summed E-state index contributed by atoms with van der Waals surface area (Å²) >= 11 is 0. The summed E-state index contributed by atoms with van der Waals surface area (Å²) in [6, 6.07) is 16.9. The molecule has 1 aliphatic heterocycles. The number of piperazine rings is 1. The summed E-state index contributed by atoms with van der Waals surface area (Å²) in [7, 11) is 0. The molecular formula is C21H26N2O. The minimum Gasteiger partial charge on any atom is -0.368 e. The first-order chi connectivity index (χ1) is 11.6. The van der Waals surface area contributed by atoms with E-state index in [0.717, 1.165) is 32.6 Å². The highest BCUT2D eigenvalue weighted by molar-refractivity contribution is 5.76. The lowest BCUT2D eigenvalue weighted by Crippen LogP contribution is -2.48. The van der Waals surface area contributed by atoms with Gasteiger partial charge in [0.2, 0.25) is 5.91 Å². The van der Waals surface area contributed by atoms with E-state index in [4.69, 9.17) is 0 Å². The van der Waals surface area contributed by atoms with E-state index in [0.29, 0.717) is 6.42 Å². The maximum Gasteiger partial charge on any atom is 0.223 e. The molecule has 1 heterocycles. The first kappa shape index (κ1) is 16.6. The minimum absolute atomic E-state index is 0.276. The molecule has 2 aromatic rings. The van der Waals surface area contributed by atoms with Gasteiger partial charge >= 0.3 is 0 Å². The quantitative estimate of drug-likeness (QED) is 0.859. The van der Waals surface area contributed by atoms with Gasteiger partial charge in [-0.3, -0.25) is 4.79 Å². The van der Waals surface area contributed by atoms with Crippen LogP contribution in [0, 0.1) is 13.8 Å². The molecule has 0 radical (unpaired) electrons. The van der Waals surface area contributed by atoms with Crippen LogP contribution in [0.15, 0.2) is 48.5 Å². The standard InChI is InChI=1S/C21H26N2O/c1-17-8-10-20(16-18(17)2)22-12-14-23(15-13-22)21(24)11-9-19-6-4-3-5-7-19/h3-8,10,16H,9,11-15H2,1-2H3. The molecule has 1 saturated heterocycles. The Hall–Kier alpha value is -2.29. The van der Waals surface area contributed by atoms with E-state index in [2.05, 4.69) is 49.1 Å². The van der Waals surface area contributed by atoms with Crippen molar-refractivity contribution in [3.8, 4) is 0 Å². The Morgan fingerprint density at radius 2 is 1.62 bits per heavy atom. The summed E-state index contributed by atoms with van der Waals surface area (Å²) < 4.78 is 0. The average molecular weight is 322 g/mol.